The van der Waals surface area contributed by atoms with E-state index in [0.29, 0.717) is 13.1 Å². The van der Waals surface area contributed by atoms with Gasteiger partial charge in [-0.2, -0.15) is 0 Å². The second-order valence-corrected chi connectivity index (χ2v) is 2.83. The van der Waals surface area contributed by atoms with Gasteiger partial charge in [0.15, 0.2) is 0 Å². The van der Waals surface area contributed by atoms with E-state index < -0.39 is 0 Å². The van der Waals surface area contributed by atoms with Gasteiger partial charge in [-0.3, -0.25) is 0 Å². The van der Waals surface area contributed by atoms with Crippen LogP contribution in [0.3, 0.4) is 0 Å². The van der Waals surface area contributed by atoms with Crippen LogP contribution in [0.1, 0.15) is 0 Å². The van der Waals surface area contributed by atoms with Gasteiger partial charge in [-0.1, -0.05) is 0 Å². The van der Waals surface area contributed by atoms with Crippen LogP contribution >= 0.6 is 0 Å². The van der Waals surface area contributed by atoms with E-state index in [1.807, 2.05) is 0 Å². The van der Waals surface area contributed by atoms with Gasteiger partial charge in [-0.25, -0.2) is 0 Å². The van der Waals surface area contributed by atoms with E-state index in [0.717, 1.165) is 39.3 Å². The smallest absolute Gasteiger partial charge is 0.00772 e. The summed E-state index contributed by atoms with van der Waals surface area (Å²) in [5, 5.41) is 9.71. The summed E-state index contributed by atoms with van der Waals surface area (Å²) in [6.45, 7) is 7.15. The van der Waals surface area contributed by atoms with Crippen LogP contribution in [0.5, 0.6) is 0 Å². The second kappa shape index (κ2) is 15.9. The predicted octanol–water partition coefficient (Wildman–Crippen LogP) is -2.33. The van der Waals surface area contributed by atoms with Crippen molar-refractivity contribution < 1.29 is 19.5 Å². The molecule has 0 rings (SSSR count). The molecule has 6 heteroatoms. The monoisotopic (exact) mass is 292 g/mol. The maximum Gasteiger partial charge on any atom is 0.00772 e. The van der Waals surface area contributed by atoms with E-state index in [4.69, 9.17) is 11.5 Å². The van der Waals surface area contributed by atoms with E-state index in [2.05, 4.69) is 16.0 Å². The largest absolute Gasteiger partial charge is 0.329 e. The van der Waals surface area contributed by atoms with Gasteiger partial charge in [0.25, 0.3) is 0 Å². The van der Waals surface area contributed by atoms with Crippen molar-refractivity contribution in [1.82, 2.24) is 16.0 Å². The number of nitrogens with two attached hydrogens (primary N) is 2. The molecule has 7 N–H and O–H groups in total. The van der Waals surface area contributed by atoms with Crippen LogP contribution in [0.2, 0.25) is 0 Å². The molecule has 0 aromatic heterocycles. The molecule has 0 saturated heterocycles. The van der Waals surface area contributed by atoms with E-state index in [1.165, 1.54) is 0 Å². The first kappa shape index (κ1) is 16.8. The van der Waals surface area contributed by atoms with Crippen molar-refractivity contribution in [3.63, 3.8) is 0 Å². The minimum Gasteiger partial charge on any atom is -0.329 e. The Hall–Kier alpha value is 0.423. The summed E-state index contributed by atoms with van der Waals surface area (Å²) in [5.74, 6) is 0. The van der Waals surface area contributed by atoms with Crippen LogP contribution in [0, 0.1) is 0 Å². The van der Waals surface area contributed by atoms with Gasteiger partial charge in [0.05, 0.1) is 0 Å². The molecule has 14 heavy (non-hydrogen) atoms. The molecule has 0 fully saturated rings. The van der Waals surface area contributed by atoms with E-state index >= 15 is 0 Å². The quantitative estimate of drug-likeness (QED) is 0.230. The second-order valence-electron chi connectivity index (χ2n) is 2.83. The zero-order valence-corrected chi connectivity index (χ0v) is 10.3. The van der Waals surface area contributed by atoms with Crippen molar-refractivity contribution in [2.75, 3.05) is 52.4 Å². The maximum atomic E-state index is 5.32. The number of rotatable bonds is 10. The standard InChI is InChI=1S/C8H23N5.Rh/c9-1-3-11-5-7-13-8-6-12-4-2-10;/h11-13H,1-10H2;. The minimum absolute atomic E-state index is 0. The molecule has 0 aliphatic heterocycles. The summed E-state index contributed by atoms with van der Waals surface area (Å²) in [7, 11) is 0. The molecule has 89 valence electrons. The molecule has 0 aliphatic rings. The van der Waals surface area contributed by atoms with Gasteiger partial charge in [0.1, 0.15) is 0 Å². The third-order valence-electron chi connectivity index (χ3n) is 1.60. The molecule has 0 bridgehead atoms. The fraction of sp³-hybridized carbons (Fsp3) is 1.00. The number of hydrogen-bond donors (Lipinski definition) is 5. The Morgan fingerprint density at radius 3 is 1.14 bits per heavy atom. The first-order chi connectivity index (χ1) is 6.41. The number of hydrogen-bond acceptors (Lipinski definition) is 5. The summed E-state index contributed by atoms with van der Waals surface area (Å²) in [6.07, 6.45) is 0. The first-order valence-electron chi connectivity index (χ1n) is 4.94. The normalized spacial score (nSPS) is 9.86. The van der Waals surface area contributed by atoms with Crippen molar-refractivity contribution in [2.45, 2.75) is 0 Å². The predicted molar refractivity (Wildman–Crippen MR) is 56.7 cm³/mol. The fourth-order valence-corrected chi connectivity index (χ4v) is 0.933. The zero-order valence-electron chi connectivity index (χ0n) is 8.64. The van der Waals surface area contributed by atoms with Crippen LogP contribution in [-0.4, -0.2) is 52.4 Å². The Balaban J connectivity index is 0. The van der Waals surface area contributed by atoms with Gasteiger partial charge < -0.3 is 27.4 Å². The summed E-state index contributed by atoms with van der Waals surface area (Å²) in [4.78, 5) is 0. The molecule has 0 aliphatic carbocycles. The average molecular weight is 292 g/mol. The third-order valence-corrected chi connectivity index (χ3v) is 1.60. The molecule has 0 unspecified atom stereocenters. The van der Waals surface area contributed by atoms with Gasteiger partial charge >= 0.3 is 0 Å². The molecule has 1 radical (unpaired) electrons. The van der Waals surface area contributed by atoms with Crippen LogP contribution in [0.25, 0.3) is 0 Å². The van der Waals surface area contributed by atoms with E-state index in [1.54, 1.807) is 0 Å². The summed E-state index contributed by atoms with van der Waals surface area (Å²) in [6, 6.07) is 0. The van der Waals surface area contributed by atoms with E-state index in [9.17, 15) is 0 Å². The van der Waals surface area contributed by atoms with Gasteiger partial charge in [0.2, 0.25) is 0 Å². The molecule has 0 aromatic carbocycles. The van der Waals surface area contributed by atoms with Gasteiger partial charge in [-0.15, -0.1) is 0 Å². The number of nitrogens with one attached hydrogen (secondary N) is 3. The van der Waals surface area contributed by atoms with Crippen molar-refractivity contribution in [3.8, 4) is 0 Å². The summed E-state index contributed by atoms with van der Waals surface area (Å²) >= 11 is 0. The summed E-state index contributed by atoms with van der Waals surface area (Å²) < 4.78 is 0. The molecular formula is C8H23N5Rh. The topological polar surface area (TPSA) is 88.1 Å². The van der Waals surface area contributed by atoms with Crippen LogP contribution in [0.15, 0.2) is 0 Å². The Bertz CT molecular complexity index is 83.8. The SMILES string of the molecule is NCCNCCNCCNCCN.[Rh]. The van der Waals surface area contributed by atoms with Crippen molar-refractivity contribution in [2.24, 2.45) is 11.5 Å². The fourth-order valence-electron chi connectivity index (χ4n) is 0.933. The van der Waals surface area contributed by atoms with Gasteiger partial charge in [-0.05, 0) is 0 Å². The molecule has 0 spiro atoms. The Kier molecular flexibility index (Phi) is 19.1. The molecule has 0 saturated carbocycles. The average Bonchev–Trinajstić information content (AvgIpc) is 2.16. The maximum absolute atomic E-state index is 5.32. The van der Waals surface area contributed by atoms with Gasteiger partial charge in [0, 0.05) is 71.8 Å². The van der Waals surface area contributed by atoms with Crippen molar-refractivity contribution >= 4 is 0 Å². The summed E-state index contributed by atoms with van der Waals surface area (Å²) in [5.41, 5.74) is 10.6. The first-order valence-corrected chi connectivity index (χ1v) is 4.94. The van der Waals surface area contributed by atoms with Crippen LogP contribution in [-0.2, 0) is 19.5 Å². The van der Waals surface area contributed by atoms with Crippen LogP contribution in [0.4, 0.5) is 0 Å². The molecule has 0 aromatic rings. The molecule has 5 nitrogen and oxygen atoms in total. The van der Waals surface area contributed by atoms with Crippen LogP contribution < -0.4 is 27.4 Å². The van der Waals surface area contributed by atoms with Crippen molar-refractivity contribution in [3.05, 3.63) is 0 Å². The molecular weight excluding hydrogens is 269 g/mol. The Morgan fingerprint density at radius 2 is 0.857 bits per heavy atom. The minimum atomic E-state index is 0. The zero-order chi connectivity index (χ0) is 9.78. The molecule has 0 atom stereocenters. The van der Waals surface area contributed by atoms with E-state index in [-0.39, 0.29) is 19.5 Å². The third kappa shape index (κ3) is 14.9. The van der Waals surface area contributed by atoms with Crippen molar-refractivity contribution in [1.29, 1.82) is 0 Å². The Morgan fingerprint density at radius 1 is 0.571 bits per heavy atom. The molecule has 0 amide bonds. The molecule has 0 heterocycles. The Labute approximate surface area is 99.5 Å².